The molecule has 2 aliphatic heterocycles. The average Bonchev–Trinajstić information content (AvgIpc) is 3.40. The minimum atomic E-state index is -3.71. The van der Waals surface area contributed by atoms with E-state index in [0.717, 1.165) is 49.2 Å². The summed E-state index contributed by atoms with van der Waals surface area (Å²) >= 11 is 3.11. The van der Waals surface area contributed by atoms with Crippen LogP contribution in [0.4, 0.5) is 0 Å². The van der Waals surface area contributed by atoms with Crippen LogP contribution in [0.5, 0.6) is 0 Å². The fourth-order valence-corrected chi connectivity index (χ4v) is 13.1. The number of ether oxygens (including phenoxy) is 1. The average molecular weight is 800 g/mol. The topological polar surface area (TPSA) is 139 Å². The van der Waals surface area contributed by atoms with E-state index in [-0.39, 0.29) is 41.0 Å². The Balaban J connectivity index is 1.48. The highest BCUT2D eigenvalue weighted by atomic mass is 32.2. The lowest BCUT2D eigenvalue weighted by molar-refractivity contribution is -0.148. The van der Waals surface area contributed by atoms with Gasteiger partial charge in [-0.15, -0.1) is 23.5 Å². The highest BCUT2D eigenvalue weighted by Gasteiger charge is 2.52. The maximum absolute atomic E-state index is 14.7. The summed E-state index contributed by atoms with van der Waals surface area (Å²) in [7, 11) is -3.71. The van der Waals surface area contributed by atoms with E-state index in [4.69, 9.17) is 4.74 Å². The first-order chi connectivity index (χ1) is 25.7. The molecule has 3 aliphatic rings. The fourth-order valence-electron chi connectivity index (χ4n) is 8.08. The van der Waals surface area contributed by atoms with Crippen LogP contribution >= 0.6 is 23.5 Å². The van der Waals surface area contributed by atoms with Crippen molar-refractivity contribution >= 4 is 57.1 Å². The maximum Gasteiger partial charge on any atom is 0.334 e. The molecule has 2 heterocycles. The van der Waals surface area contributed by atoms with Gasteiger partial charge in [-0.25, -0.2) is 13.2 Å². The normalized spacial score (nSPS) is 21.1. The lowest BCUT2D eigenvalue weighted by Crippen LogP contribution is -2.61. The second-order valence-corrected chi connectivity index (χ2v) is 20.6. The quantitative estimate of drug-likeness (QED) is 0.194. The van der Waals surface area contributed by atoms with Crippen molar-refractivity contribution in [2.75, 3.05) is 17.3 Å². The molecule has 0 spiro atoms. The van der Waals surface area contributed by atoms with Gasteiger partial charge < -0.3 is 20.3 Å². The van der Waals surface area contributed by atoms with Gasteiger partial charge in [-0.05, 0) is 73.6 Å². The number of carbonyl (C=O) groups excluding carboxylic acids is 4. The van der Waals surface area contributed by atoms with Crippen molar-refractivity contribution in [1.82, 2.24) is 15.5 Å². The molecule has 0 radical (unpaired) electrons. The molecule has 10 nitrogen and oxygen atoms in total. The van der Waals surface area contributed by atoms with Crippen molar-refractivity contribution < 1.29 is 32.3 Å². The first-order valence-corrected chi connectivity index (χ1v) is 23.1. The van der Waals surface area contributed by atoms with Crippen LogP contribution in [-0.4, -0.2) is 82.6 Å². The molecular weight excluding hydrogens is 743 g/mol. The van der Waals surface area contributed by atoms with Crippen LogP contribution in [0.1, 0.15) is 103 Å². The number of benzene rings is 2. The first kappa shape index (κ1) is 42.1. The highest BCUT2D eigenvalue weighted by Crippen LogP contribution is 2.48. The Labute approximate surface area is 330 Å². The van der Waals surface area contributed by atoms with Crippen molar-refractivity contribution in [2.24, 2.45) is 11.8 Å². The van der Waals surface area contributed by atoms with Crippen LogP contribution in [0.2, 0.25) is 0 Å². The van der Waals surface area contributed by atoms with Crippen molar-refractivity contribution in [3.8, 4) is 0 Å². The van der Waals surface area contributed by atoms with E-state index < -0.39 is 49.9 Å². The molecule has 2 unspecified atom stereocenters. The van der Waals surface area contributed by atoms with Crippen molar-refractivity contribution in [3.63, 3.8) is 0 Å². The number of amides is 3. The van der Waals surface area contributed by atoms with Crippen LogP contribution in [0.15, 0.2) is 59.5 Å². The molecule has 13 heteroatoms. The minimum Gasteiger partial charge on any atom is -0.461 e. The van der Waals surface area contributed by atoms with Crippen LogP contribution in [0.25, 0.3) is 0 Å². The molecule has 2 aromatic rings. The molecule has 4 atom stereocenters. The third-order valence-corrected chi connectivity index (χ3v) is 15.8. The van der Waals surface area contributed by atoms with Gasteiger partial charge in [-0.1, -0.05) is 94.5 Å². The van der Waals surface area contributed by atoms with Gasteiger partial charge in [0.25, 0.3) is 0 Å². The van der Waals surface area contributed by atoms with E-state index in [1.165, 1.54) is 24.3 Å². The number of hydrogen-bond acceptors (Lipinski definition) is 9. The monoisotopic (exact) mass is 799 g/mol. The molecule has 296 valence electrons. The molecule has 5 rings (SSSR count). The van der Waals surface area contributed by atoms with E-state index in [9.17, 15) is 27.6 Å². The second kappa shape index (κ2) is 18.7. The van der Waals surface area contributed by atoms with Gasteiger partial charge in [0.15, 0.2) is 13.9 Å². The number of nitrogens with zero attached hydrogens (tertiary/aromatic N) is 1. The molecule has 54 heavy (non-hydrogen) atoms. The van der Waals surface area contributed by atoms with Gasteiger partial charge in [-0.2, -0.15) is 0 Å². The molecule has 0 aromatic heterocycles. The molecule has 3 amide bonds. The lowest BCUT2D eigenvalue weighted by atomic mass is 9.84. The summed E-state index contributed by atoms with van der Waals surface area (Å²) < 4.78 is 31.5. The summed E-state index contributed by atoms with van der Waals surface area (Å²) in [4.78, 5) is 58.5. The Kier molecular flexibility index (Phi) is 14.6. The number of esters is 1. The summed E-state index contributed by atoms with van der Waals surface area (Å²) in [5, 5.41) is 6.34. The van der Waals surface area contributed by atoms with Crippen LogP contribution < -0.4 is 10.6 Å². The van der Waals surface area contributed by atoms with Crippen molar-refractivity contribution in [3.05, 3.63) is 65.7 Å². The largest absolute Gasteiger partial charge is 0.461 e. The Morgan fingerprint density at radius 1 is 0.870 bits per heavy atom. The molecule has 0 bridgehead atoms. The van der Waals surface area contributed by atoms with Crippen LogP contribution in [0.3, 0.4) is 0 Å². The summed E-state index contributed by atoms with van der Waals surface area (Å²) in [6, 6.07) is 12.4. The molecular formula is C41H57N3O7S3. The minimum absolute atomic E-state index is 0.0134. The Morgan fingerprint density at radius 2 is 1.52 bits per heavy atom. The van der Waals surface area contributed by atoms with E-state index in [1.807, 2.05) is 58.0 Å². The number of carbonyl (C=O) groups is 4. The first-order valence-electron chi connectivity index (χ1n) is 19.5. The zero-order chi connectivity index (χ0) is 39.0. The van der Waals surface area contributed by atoms with Gasteiger partial charge >= 0.3 is 5.97 Å². The Morgan fingerprint density at radius 3 is 2.15 bits per heavy atom. The molecule has 2 aromatic carbocycles. The van der Waals surface area contributed by atoms with E-state index >= 15 is 0 Å². The van der Waals surface area contributed by atoms with Crippen LogP contribution in [0, 0.1) is 11.8 Å². The number of thioether (sulfide) groups is 2. The third kappa shape index (κ3) is 10.2. The molecule has 1 saturated heterocycles. The number of rotatable bonds is 15. The summed E-state index contributed by atoms with van der Waals surface area (Å²) in [6.07, 6.45) is 7.17. The highest BCUT2D eigenvalue weighted by molar-refractivity contribution is 8.20. The fraction of sp³-hybridized carbons (Fsp3) is 0.610. The third-order valence-electron chi connectivity index (χ3n) is 10.6. The SMILES string of the molecule is CC(=O)N(C1CS(=O)(=O)c2ccccc21)[C@@H](Cc1ccccc1)C(=O)N[C@@H](CC(C)C)C(=O)NC(CC1CCCCC1)C1(C(=O)OC(C)C)SCCCS1. The molecule has 2 N–H and O–H groups in total. The molecule has 1 aliphatic carbocycles. The Bertz CT molecular complexity index is 1720. The van der Waals surface area contributed by atoms with Crippen molar-refractivity contribution in [1.29, 1.82) is 0 Å². The number of hydrogen-bond donors (Lipinski definition) is 2. The molecule has 2 fully saturated rings. The predicted molar refractivity (Wildman–Crippen MR) is 216 cm³/mol. The van der Waals surface area contributed by atoms with Gasteiger partial charge in [0, 0.05) is 13.3 Å². The predicted octanol–water partition coefficient (Wildman–Crippen LogP) is 6.48. The van der Waals surface area contributed by atoms with E-state index in [0.29, 0.717) is 24.3 Å². The second-order valence-electron chi connectivity index (χ2n) is 15.6. The number of nitrogens with one attached hydrogen (secondary N) is 2. The Hall–Kier alpha value is -3.03. The van der Waals surface area contributed by atoms with Gasteiger partial charge in [0.1, 0.15) is 12.1 Å². The van der Waals surface area contributed by atoms with Gasteiger partial charge in [0.05, 0.1) is 28.8 Å². The standard InChI is InChI=1S/C41H57N3O7S3/c1-27(2)23-33(38(46)43-37(25-31-17-10-7-11-18-31)41(40(48)51-28(3)4)52-21-14-22-53-41)42-39(47)34(24-30-15-8-6-9-16-30)44(29(5)45)35-26-54(49,50)36-20-13-12-19-32(35)36/h6,8-9,12-13,15-16,19-20,27-28,31,33-35,37H,7,10-11,14,17-18,21-26H2,1-5H3,(H,42,47)(H,43,46)/t33-,34-,35?,37?/m0/s1. The van der Waals surface area contributed by atoms with E-state index in [2.05, 4.69) is 10.6 Å². The van der Waals surface area contributed by atoms with Gasteiger partial charge in [-0.3, -0.25) is 14.4 Å². The van der Waals surface area contributed by atoms with Gasteiger partial charge in [0.2, 0.25) is 17.7 Å². The summed E-state index contributed by atoms with van der Waals surface area (Å²) in [6.45, 7) is 8.97. The summed E-state index contributed by atoms with van der Waals surface area (Å²) in [5.74, 6) is -0.150. The number of fused-ring (bicyclic) bond motifs is 1. The number of sulfone groups is 1. The smallest absolute Gasteiger partial charge is 0.334 e. The van der Waals surface area contributed by atoms with E-state index in [1.54, 1.807) is 41.7 Å². The molecule has 1 saturated carbocycles. The maximum atomic E-state index is 14.7. The lowest BCUT2D eigenvalue weighted by Gasteiger charge is -2.43. The zero-order valence-corrected chi connectivity index (χ0v) is 34.7. The van der Waals surface area contributed by atoms with Crippen molar-refractivity contribution in [2.45, 2.75) is 132 Å². The summed E-state index contributed by atoms with van der Waals surface area (Å²) in [5.41, 5.74) is 1.26. The van der Waals surface area contributed by atoms with Crippen LogP contribution in [-0.2, 0) is 40.2 Å². The zero-order valence-electron chi connectivity index (χ0n) is 32.3.